The van der Waals surface area contributed by atoms with E-state index >= 15 is 0 Å². The van der Waals surface area contributed by atoms with E-state index in [1.807, 2.05) is 0 Å². The van der Waals surface area contributed by atoms with Crippen LogP contribution in [-0.4, -0.2) is 22.8 Å². The summed E-state index contributed by atoms with van der Waals surface area (Å²) in [5.74, 6) is 1.02. The van der Waals surface area contributed by atoms with E-state index in [1.54, 1.807) is 0 Å². The van der Waals surface area contributed by atoms with Crippen LogP contribution in [0.2, 0.25) is 0 Å². The Kier molecular flexibility index (Phi) is 7.54. The molecule has 20 heavy (non-hydrogen) atoms. The van der Waals surface area contributed by atoms with Gasteiger partial charge in [0.1, 0.15) is 0 Å². The van der Waals surface area contributed by atoms with Gasteiger partial charge in [0.25, 0.3) is 0 Å². The number of nitrogens with one attached hydrogen (secondary N) is 2. The molecule has 0 atom stereocenters. The maximum atomic E-state index is 11.0. The minimum atomic E-state index is -0.806. The molecule has 1 heterocycles. The molecule has 6 heteroatoms. The first kappa shape index (κ1) is 16.3. The van der Waals surface area contributed by atoms with E-state index in [4.69, 9.17) is 10.5 Å². The number of amides is 1. The molecule has 0 spiro atoms. The van der Waals surface area contributed by atoms with Crippen molar-refractivity contribution >= 4 is 11.9 Å². The van der Waals surface area contributed by atoms with Crippen LogP contribution in [0.15, 0.2) is 0 Å². The van der Waals surface area contributed by atoms with Crippen molar-refractivity contribution in [2.24, 2.45) is 5.73 Å². The summed E-state index contributed by atoms with van der Waals surface area (Å²) in [6.07, 6.45) is 6.69. The minimum absolute atomic E-state index is 0.449. The highest BCUT2D eigenvalue weighted by Gasteiger charge is 2.16. The largest absolute Gasteiger partial charge is 0.410 e. The summed E-state index contributed by atoms with van der Waals surface area (Å²) in [6, 6.07) is 0. The van der Waals surface area contributed by atoms with Crippen LogP contribution in [0, 0.1) is 0 Å². The zero-order valence-electron chi connectivity index (χ0n) is 12.5. The van der Waals surface area contributed by atoms with Crippen molar-refractivity contribution in [2.45, 2.75) is 58.8 Å². The third kappa shape index (κ3) is 5.50. The molecule has 1 aromatic heterocycles. The molecule has 0 aliphatic rings. The molecule has 1 amide bonds. The van der Waals surface area contributed by atoms with Gasteiger partial charge in [-0.15, -0.1) is 0 Å². The Balaban J connectivity index is 2.64. The van der Waals surface area contributed by atoms with Crippen molar-refractivity contribution < 1.29 is 9.53 Å². The molecule has 6 nitrogen and oxygen atoms in total. The SMILES string of the molecule is CCCCCNc1n[nH]c(CCCCC)c1OC(N)=O. The van der Waals surface area contributed by atoms with Gasteiger partial charge in [-0.1, -0.05) is 39.5 Å². The Hall–Kier alpha value is -1.72. The second kappa shape index (κ2) is 9.23. The number of aromatic amines is 1. The van der Waals surface area contributed by atoms with Gasteiger partial charge in [0.15, 0.2) is 11.6 Å². The number of unbranched alkanes of at least 4 members (excludes halogenated alkanes) is 4. The summed E-state index contributed by atoms with van der Waals surface area (Å²) in [7, 11) is 0. The number of hydrogen-bond acceptors (Lipinski definition) is 4. The Morgan fingerprint density at radius 3 is 2.60 bits per heavy atom. The van der Waals surface area contributed by atoms with Crippen molar-refractivity contribution in [3.05, 3.63) is 5.69 Å². The zero-order chi connectivity index (χ0) is 14.8. The third-order valence-corrected chi connectivity index (χ3v) is 3.10. The van der Waals surface area contributed by atoms with Crippen molar-refractivity contribution in [1.82, 2.24) is 10.2 Å². The van der Waals surface area contributed by atoms with Gasteiger partial charge in [0.2, 0.25) is 0 Å². The summed E-state index contributed by atoms with van der Waals surface area (Å²) in [5.41, 5.74) is 5.95. The lowest BCUT2D eigenvalue weighted by Crippen LogP contribution is -2.17. The quantitative estimate of drug-likeness (QED) is 0.574. The van der Waals surface area contributed by atoms with E-state index in [0.717, 1.165) is 57.2 Å². The predicted molar refractivity (Wildman–Crippen MR) is 80.0 cm³/mol. The number of hydrogen-bond donors (Lipinski definition) is 3. The van der Waals surface area contributed by atoms with Crippen LogP contribution in [0.5, 0.6) is 5.75 Å². The number of primary amides is 1. The highest BCUT2D eigenvalue weighted by molar-refractivity contribution is 5.71. The number of aromatic nitrogens is 2. The van der Waals surface area contributed by atoms with E-state index in [0.29, 0.717) is 11.6 Å². The topological polar surface area (TPSA) is 93.0 Å². The summed E-state index contributed by atoms with van der Waals surface area (Å²) in [6.45, 7) is 5.11. The first-order chi connectivity index (χ1) is 9.69. The van der Waals surface area contributed by atoms with Gasteiger partial charge < -0.3 is 15.8 Å². The van der Waals surface area contributed by atoms with Gasteiger partial charge in [-0.3, -0.25) is 5.10 Å². The first-order valence-corrected chi connectivity index (χ1v) is 7.47. The maximum absolute atomic E-state index is 11.0. The van der Waals surface area contributed by atoms with Gasteiger partial charge >= 0.3 is 6.09 Å². The Bertz CT molecular complexity index is 404. The normalized spacial score (nSPS) is 10.5. The van der Waals surface area contributed by atoms with Gasteiger partial charge in [-0.25, -0.2) is 4.79 Å². The third-order valence-electron chi connectivity index (χ3n) is 3.10. The number of carbonyl (C=O) groups is 1. The number of nitrogens with two attached hydrogens (primary N) is 1. The number of nitrogens with zero attached hydrogens (tertiary/aromatic N) is 1. The Morgan fingerprint density at radius 2 is 1.95 bits per heavy atom. The standard InChI is InChI=1S/C14H26N4O2/c1-3-5-7-9-11-12(20-14(15)19)13(18-17-11)16-10-8-6-4-2/h3-10H2,1-2H3,(H2,15,19)(H2,16,17,18). The first-order valence-electron chi connectivity index (χ1n) is 7.47. The fourth-order valence-electron chi connectivity index (χ4n) is 2.00. The van der Waals surface area contributed by atoms with Crippen LogP contribution in [-0.2, 0) is 6.42 Å². The van der Waals surface area contributed by atoms with Crippen LogP contribution in [0.1, 0.15) is 58.1 Å². The summed E-state index contributed by atoms with van der Waals surface area (Å²) >= 11 is 0. The number of rotatable bonds is 10. The van der Waals surface area contributed by atoms with Crippen LogP contribution < -0.4 is 15.8 Å². The average molecular weight is 282 g/mol. The minimum Gasteiger partial charge on any atom is -0.405 e. The molecule has 0 saturated heterocycles. The van der Waals surface area contributed by atoms with E-state index in [-0.39, 0.29) is 0 Å². The predicted octanol–water partition coefficient (Wildman–Crippen LogP) is 3.20. The molecular weight excluding hydrogens is 256 g/mol. The second-order valence-corrected chi connectivity index (χ2v) is 4.89. The monoisotopic (exact) mass is 282 g/mol. The molecule has 0 aliphatic heterocycles. The lowest BCUT2D eigenvalue weighted by atomic mass is 10.1. The molecule has 0 radical (unpaired) electrons. The van der Waals surface area contributed by atoms with Crippen LogP contribution >= 0.6 is 0 Å². The van der Waals surface area contributed by atoms with Crippen LogP contribution in [0.4, 0.5) is 10.6 Å². The second-order valence-electron chi connectivity index (χ2n) is 4.89. The highest BCUT2D eigenvalue weighted by atomic mass is 16.5. The molecule has 1 aromatic rings. The van der Waals surface area contributed by atoms with E-state index in [1.165, 1.54) is 0 Å². The molecule has 0 saturated carbocycles. The van der Waals surface area contributed by atoms with Gasteiger partial charge in [0, 0.05) is 6.54 Å². The molecule has 114 valence electrons. The molecular formula is C14H26N4O2. The highest BCUT2D eigenvalue weighted by Crippen LogP contribution is 2.27. The molecule has 1 rings (SSSR count). The molecule has 0 aromatic carbocycles. The van der Waals surface area contributed by atoms with Crippen molar-refractivity contribution in [1.29, 1.82) is 0 Å². The smallest absolute Gasteiger partial charge is 0.405 e. The lowest BCUT2D eigenvalue weighted by molar-refractivity contribution is 0.210. The lowest BCUT2D eigenvalue weighted by Gasteiger charge is -2.07. The zero-order valence-corrected chi connectivity index (χ0v) is 12.5. The molecule has 4 N–H and O–H groups in total. The van der Waals surface area contributed by atoms with Gasteiger partial charge in [-0.2, -0.15) is 5.10 Å². The van der Waals surface area contributed by atoms with Gasteiger partial charge in [-0.05, 0) is 19.3 Å². The number of carbonyl (C=O) groups excluding carboxylic acids is 1. The molecule has 0 bridgehead atoms. The van der Waals surface area contributed by atoms with Crippen molar-refractivity contribution in [3.63, 3.8) is 0 Å². The van der Waals surface area contributed by atoms with Crippen LogP contribution in [0.3, 0.4) is 0 Å². The maximum Gasteiger partial charge on any atom is 0.410 e. The van der Waals surface area contributed by atoms with Crippen LogP contribution in [0.25, 0.3) is 0 Å². The number of H-pyrrole nitrogens is 1. The average Bonchev–Trinajstić information content (AvgIpc) is 2.77. The Labute approximate surface area is 120 Å². The summed E-state index contributed by atoms with van der Waals surface area (Å²) < 4.78 is 5.09. The number of aryl methyl sites for hydroxylation is 1. The number of ether oxygens (including phenoxy) is 1. The summed E-state index contributed by atoms with van der Waals surface area (Å²) in [5, 5.41) is 10.3. The van der Waals surface area contributed by atoms with E-state index in [2.05, 4.69) is 29.4 Å². The molecule has 0 fully saturated rings. The number of anilines is 1. The van der Waals surface area contributed by atoms with Gasteiger partial charge in [0.05, 0.1) is 5.69 Å². The van der Waals surface area contributed by atoms with Crippen molar-refractivity contribution in [3.8, 4) is 5.75 Å². The summed E-state index contributed by atoms with van der Waals surface area (Å²) in [4.78, 5) is 11.0. The fourth-order valence-corrected chi connectivity index (χ4v) is 2.00. The van der Waals surface area contributed by atoms with Crippen molar-refractivity contribution in [2.75, 3.05) is 11.9 Å². The van der Waals surface area contributed by atoms with E-state index < -0.39 is 6.09 Å². The molecule has 0 unspecified atom stereocenters. The molecule has 0 aliphatic carbocycles. The Morgan fingerprint density at radius 1 is 1.25 bits per heavy atom. The fraction of sp³-hybridized carbons (Fsp3) is 0.714. The van der Waals surface area contributed by atoms with E-state index in [9.17, 15) is 4.79 Å².